The number of anilines is 2. The van der Waals surface area contributed by atoms with E-state index in [9.17, 15) is 10.1 Å². The molecule has 2 N–H and O–H groups in total. The summed E-state index contributed by atoms with van der Waals surface area (Å²) in [4.78, 5) is 10.5. The van der Waals surface area contributed by atoms with Crippen LogP contribution in [0, 0.1) is 21.4 Å². The molecular weight excluding hydrogens is 270 g/mol. The molecule has 0 unspecified atom stereocenters. The van der Waals surface area contributed by atoms with Gasteiger partial charge in [0, 0.05) is 18.4 Å². The maximum Gasteiger partial charge on any atom is 0.292 e. The van der Waals surface area contributed by atoms with Crippen molar-refractivity contribution in [3.05, 3.63) is 63.7 Å². The molecule has 21 heavy (non-hydrogen) atoms. The van der Waals surface area contributed by atoms with E-state index in [4.69, 9.17) is 10.4 Å². The molecule has 0 bridgehead atoms. The fourth-order valence-electron chi connectivity index (χ4n) is 1.90. The maximum atomic E-state index is 11.0. The Labute approximate surface area is 121 Å². The number of hydrogen-bond donors (Lipinski definition) is 2. The van der Waals surface area contributed by atoms with Crippen molar-refractivity contribution in [1.82, 2.24) is 0 Å². The molecule has 0 radical (unpaired) electrons. The topological polar surface area (TPSA) is 99.2 Å². The van der Waals surface area contributed by atoms with Gasteiger partial charge < -0.3 is 10.4 Å². The van der Waals surface area contributed by atoms with Crippen LogP contribution in [0.5, 0.6) is 0 Å². The van der Waals surface area contributed by atoms with Crippen LogP contribution < -0.4 is 5.32 Å². The molecule has 0 aliphatic rings. The molecule has 6 nitrogen and oxygen atoms in total. The fourth-order valence-corrected chi connectivity index (χ4v) is 1.90. The van der Waals surface area contributed by atoms with Gasteiger partial charge in [-0.25, -0.2) is 0 Å². The predicted molar refractivity (Wildman–Crippen MR) is 78.3 cm³/mol. The Hall–Kier alpha value is -2.91. The summed E-state index contributed by atoms with van der Waals surface area (Å²) in [5.41, 5.74) is 2.18. The smallest absolute Gasteiger partial charge is 0.292 e. The number of benzene rings is 2. The zero-order valence-corrected chi connectivity index (χ0v) is 11.1. The number of rotatable bonds is 5. The maximum absolute atomic E-state index is 11.0. The Balaban J connectivity index is 2.29. The Morgan fingerprint density at radius 1 is 1.24 bits per heavy atom. The van der Waals surface area contributed by atoms with Crippen LogP contribution in [0.2, 0.25) is 0 Å². The van der Waals surface area contributed by atoms with Crippen LogP contribution in [0.15, 0.2) is 42.5 Å². The number of nitriles is 1. The number of nitrogens with one attached hydrogen (secondary N) is 1. The summed E-state index contributed by atoms with van der Waals surface area (Å²) in [5, 5.41) is 31.7. The third kappa shape index (κ3) is 3.55. The van der Waals surface area contributed by atoms with Gasteiger partial charge in [0.05, 0.1) is 16.6 Å². The molecule has 2 aromatic rings. The van der Waals surface area contributed by atoms with Crippen molar-refractivity contribution in [1.29, 1.82) is 5.26 Å². The van der Waals surface area contributed by atoms with Crippen LogP contribution in [0.4, 0.5) is 17.1 Å². The van der Waals surface area contributed by atoms with Gasteiger partial charge in [0.15, 0.2) is 0 Å². The first-order chi connectivity index (χ1) is 10.1. The summed E-state index contributed by atoms with van der Waals surface area (Å²) >= 11 is 0. The van der Waals surface area contributed by atoms with Gasteiger partial charge in [-0.3, -0.25) is 10.1 Å². The summed E-state index contributed by atoms with van der Waals surface area (Å²) in [6, 6.07) is 13.3. The van der Waals surface area contributed by atoms with Gasteiger partial charge >= 0.3 is 0 Å². The molecular formula is C15H13N3O3. The van der Waals surface area contributed by atoms with Crippen LogP contribution in [0.25, 0.3) is 0 Å². The zero-order valence-electron chi connectivity index (χ0n) is 11.1. The number of nitrogens with zero attached hydrogens (tertiary/aromatic N) is 2. The first-order valence-corrected chi connectivity index (χ1v) is 6.29. The van der Waals surface area contributed by atoms with E-state index in [2.05, 4.69) is 5.32 Å². The minimum Gasteiger partial charge on any atom is -0.396 e. The number of nitro groups is 1. The lowest BCUT2D eigenvalue weighted by molar-refractivity contribution is -0.383. The number of aliphatic hydroxyl groups is 1. The van der Waals surface area contributed by atoms with Gasteiger partial charge in [-0.2, -0.15) is 5.26 Å². The minimum absolute atomic E-state index is 0.0719. The van der Waals surface area contributed by atoms with E-state index in [-0.39, 0.29) is 18.0 Å². The summed E-state index contributed by atoms with van der Waals surface area (Å²) in [5.74, 6) is 0. The average Bonchev–Trinajstić information content (AvgIpc) is 2.49. The van der Waals surface area contributed by atoms with Crippen molar-refractivity contribution in [2.45, 2.75) is 6.42 Å². The predicted octanol–water partition coefficient (Wildman–Crippen LogP) is 2.74. The summed E-state index contributed by atoms with van der Waals surface area (Å²) in [6.07, 6.45) is 0.560. The average molecular weight is 283 g/mol. The second kappa shape index (κ2) is 6.50. The van der Waals surface area contributed by atoms with Crippen molar-refractivity contribution in [2.75, 3.05) is 11.9 Å². The molecule has 6 heteroatoms. The third-order valence-corrected chi connectivity index (χ3v) is 2.96. The summed E-state index contributed by atoms with van der Waals surface area (Å²) < 4.78 is 0. The number of hydrogen-bond acceptors (Lipinski definition) is 5. The van der Waals surface area contributed by atoms with E-state index in [0.29, 0.717) is 17.7 Å². The Morgan fingerprint density at radius 3 is 2.52 bits per heavy atom. The SMILES string of the molecule is N#Cc1ccc([N+](=O)[O-])c(Nc2ccc(CCO)cc2)c1. The third-order valence-electron chi connectivity index (χ3n) is 2.96. The van der Waals surface area contributed by atoms with Gasteiger partial charge in [0.25, 0.3) is 5.69 Å². The van der Waals surface area contributed by atoms with Crippen LogP contribution in [0.1, 0.15) is 11.1 Å². The van der Waals surface area contributed by atoms with Crippen LogP contribution in [-0.2, 0) is 6.42 Å². The van der Waals surface area contributed by atoms with Crippen molar-refractivity contribution in [3.8, 4) is 6.07 Å². The number of aliphatic hydroxyl groups excluding tert-OH is 1. The quantitative estimate of drug-likeness (QED) is 0.649. The molecule has 106 valence electrons. The molecule has 0 atom stereocenters. The highest BCUT2D eigenvalue weighted by molar-refractivity contribution is 5.71. The largest absolute Gasteiger partial charge is 0.396 e. The molecule has 0 fully saturated rings. The Morgan fingerprint density at radius 2 is 1.95 bits per heavy atom. The molecule has 0 saturated heterocycles. The second-order valence-corrected chi connectivity index (χ2v) is 4.40. The molecule has 0 aromatic heterocycles. The van der Waals surface area contributed by atoms with Crippen LogP contribution in [-0.4, -0.2) is 16.6 Å². The molecule has 0 saturated carbocycles. The standard InChI is InChI=1S/C15H13N3O3/c16-10-12-3-6-15(18(20)21)14(9-12)17-13-4-1-11(2-5-13)7-8-19/h1-6,9,17,19H,7-8H2. The molecule has 0 aliphatic carbocycles. The molecule has 0 aliphatic heterocycles. The molecule has 0 amide bonds. The minimum atomic E-state index is -0.496. The highest BCUT2D eigenvalue weighted by Gasteiger charge is 2.14. The zero-order chi connectivity index (χ0) is 15.2. The van der Waals surface area contributed by atoms with E-state index in [1.54, 1.807) is 12.1 Å². The molecule has 0 heterocycles. The van der Waals surface area contributed by atoms with Gasteiger partial charge in [-0.1, -0.05) is 12.1 Å². The summed E-state index contributed by atoms with van der Waals surface area (Å²) in [7, 11) is 0. The van der Waals surface area contributed by atoms with E-state index in [1.165, 1.54) is 18.2 Å². The van der Waals surface area contributed by atoms with Gasteiger partial charge in [-0.15, -0.1) is 0 Å². The normalized spacial score (nSPS) is 9.90. The number of nitro benzene ring substituents is 1. The first-order valence-electron chi connectivity index (χ1n) is 6.29. The Bertz CT molecular complexity index is 690. The van der Waals surface area contributed by atoms with Crippen LogP contribution >= 0.6 is 0 Å². The van der Waals surface area contributed by atoms with E-state index in [1.807, 2.05) is 18.2 Å². The Kier molecular flexibility index (Phi) is 4.49. The van der Waals surface area contributed by atoms with Crippen molar-refractivity contribution < 1.29 is 10.0 Å². The summed E-state index contributed by atoms with van der Waals surface area (Å²) in [6.45, 7) is 0.0719. The van der Waals surface area contributed by atoms with Gasteiger partial charge in [0.1, 0.15) is 5.69 Å². The highest BCUT2D eigenvalue weighted by atomic mass is 16.6. The van der Waals surface area contributed by atoms with Crippen molar-refractivity contribution in [3.63, 3.8) is 0 Å². The molecule has 2 rings (SSSR count). The monoisotopic (exact) mass is 283 g/mol. The highest BCUT2D eigenvalue weighted by Crippen LogP contribution is 2.28. The second-order valence-electron chi connectivity index (χ2n) is 4.40. The van der Waals surface area contributed by atoms with Crippen LogP contribution in [0.3, 0.4) is 0 Å². The van der Waals surface area contributed by atoms with E-state index in [0.717, 1.165) is 5.56 Å². The lowest BCUT2D eigenvalue weighted by Gasteiger charge is -2.08. The molecule has 0 spiro atoms. The van der Waals surface area contributed by atoms with Crippen molar-refractivity contribution in [2.24, 2.45) is 0 Å². The first kappa shape index (κ1) is 14.5. The van der Waals surface area contributed by atoms with Gasteiger partial charge in [0.2, 0.25) is 0 Å². The molecule has 2 aromatic carbocycles. The van der Waals surface area contributed by atoms with E-state index >= 15 is 0 Å². The lowest BCUT2D eigenvalue weighted by Crippen LogP contribution is -1.98. The van der Waals surface area contributed by atoms with E-state index < -0.39 is 4.92 Å². The van der Waals surface area contributed by atoms with Crippen molar-refractivity contribution >= 4 is 17.1 Å². The lowest BCUT2D eigenvalue weighted by atomic mass is 10.1. The fraction of sp³-hybridized carbons (Fsp3) is 0.133. The van der Waals surface area contributed by atoms with Gasteiger partial charge in [-0.05, 0) is 36.2 Å².